The molecule has 2 N–H and O–H groups in total. The van der Waals surface area contributed by atoms with Crippen molar-refractivity contribution >= 4 is 21.9 Å². The zero-order valence-corrected chi connectivity index (χ0v) is 14.5. The number of allylic oxidation sites excluding steroid dienone is 1. The summed E-state index contributed by atoms with van der Waals surface area (Å²) in [6.45, 7) is 4.46. The number of hydrogen-bond donors (Lipinski definition) is 2. The number of sulfonamides is 1. The fourth-order valence-corrected chi connectivity index (χ4v) is 3.03. The van der Waals surface area contributed by atoms with Crippen LogP contribution in [0.15, 0.2) is 47.6 Å². The minimum Gasteiger partial charge on any atom is -0.289 e. The smallest absolute Gasteiger partial charge is 0.240 e. The van der Waals surface area contributed by atoms with Gasteiger partial charge in [-0.05, 0) is 48.8 Å². The Morgan fingerprint density at radius 3 is 2.58 bits per heavy atom. The van der Waals surface area contributed by atoms with Crippen molar-refractivity contribution in [1.82, 2.24) is 14.9 Å². The molecule has 7 heteroatoms. The normalized spacial score (nSPS) is 12.1. The third-order valence-corrected chi connectivity index (χ3v) is 4.89. The number of carbonyl (C=O) groups excluding carboxylic acids is 1. The molecule has 1 aromatic heterocycles. The molecule has 0 aliphatic heterocycles. The Kier molecular flexibility index (Phi) is 6.05. The molecule has 0 amide bonds. The number of ketones is 1. The van der Waals surface area contributed by atoms with Crippen LogP contribution in [0.1, 0.15) is 36.2 Å². The van der Waals surface area contributed by atoms with E-state index in [1.54, 1.807) is 18.5 Å². The molecule has 0 atom stereocenters. The molecular formula is C17H21N3O3S. The highest BCUT2D eigenvalue weighted by Gasteiger charge is 2.14. The molecule has 0 radical (unpaired) electrons. The molecule has 128 valence electrons. The van der Waals surface area contributed by atoms with Crippen molar-refractivity contribution in [3.8, 4) is 0 Å². The van der Waals surface area contributed by atoms with E-state index in [2.05, 4.69) is 14.9 Å². The first-order chi connectivity index (χ1) is 11.4. The van der Waals surface area contributed by atoms with Gasteiger partial charge in [-0.1, -0.05) is 13.8 Å². The van der Waals surface area contributed by atoms with Gasteiger partial charge in [0.05, 0.1) is 11.1 Å². The topological polar surface area (TPSA) is 91.9 Å². The number of rotatable bonds is 8. The molecule has 0 fully saturated rings. The second kappa shape index (κ2) is 8.03. The van der Waals surface area contributed by atoms with E-state index in [1.165, 1.54) is 30.3 Å². The first-order valence-electron chi connectivity index (χ1n) is 7.69. The highest BCUT2D eigenvalue weighted by molar-refractivity contribution is 7.89. The van der Waals surface area contributed by atoms with Gasteiger partial charge in [0.15, 0.2) is 5.78 Å². The summed E-state index contributed by atoms with van der Waals surface area (Å²) in [7, 11) is -3.54. The molecule has 0 aliphatic rings. The molecule has 2 rings (SSSR count). The second-order valence-electron chi connectivity index (χ2n) is 5.83. The van der Waals surface area contributed by atoms with E-state index in [1.807, 2.05) is 13.8 Å². The molecule has 24 heavy (non-hydrogen) atoms. The van der Waals surface area contributed by atoms with Crippen LogP contribution in [-0.4, -0.2) is 30.9 Å². The molecule has 0 aliphatic carbocycles. The van der Waals surface area contributed by atoms with E-state index >= 15 is 0 Å². The number of nitrogens with one attached hydrogen (secondary N) is 2. The van der Waals surface area contributed by atoms with Crippen LogP contribution < -0.4 is 4.72 Å². The number of carbonyl (C=O) groups is 1. The zero-order valence-electron chi connectivity index (χ0n) is 13.7. The van der Waals surface area contributed by atoms with E-state index in [0.29, 0.717) is 18.0 Å². The van der Waals surface area contributed by atoms with Gasteiger partial charge in [0.1, 0.15) is 0 Å². The van der Waals surface area contributed by atoms with Crippen LogP contribution in [-0.2, 0) is 10.0 Å². The van der Waals surface area contributed by atoms with Crippen molar-refractivity contribution < 1.29 is 13.2 Å². The average molecular weight is 347 g/mol. The van der Waals surface area contributed by atoms with E-state index in [0.717, 1.165) is 12.0 Å². The second-order valence-corrected chi connectivity index (χ2v) is 7.60. The Hall–Kier alpha value is -2.25. The molecular weight excluding hydrogens is 326 g/mol. The van der Waals surface area contributed by atoms with Crippen LogP contribution in [0.4, 0.5) is 0 Å². The molecule has 6 nitrogen and oxygen atoms in total. The minimum atomic E-state index is -3.54. The predicted molar refractivity (Wildman–Crippen MR) is 93.0 cm³/mol. The summed E-state index contributed by atoms with van der Waals surface area (Å²) in [6.07, 6.45) is 7.11. The largest absolute Gasteiger partial charge is 0.289 e. The van der Waals surface area contributed by atoms with E-state index in [9.17, 15) is 13.2 Å². The SMILES string of the molecule is CC(C)CCNS(=O)(=O)c1ccc(C(=O)/C=C/c2cn[nH]c2)cc1. The van der Waals surface area contributed by atoms with Gasteiger partial charge in [-0.3, -0.25) is 9.89 Å². The predicted octanol–water partition coefficient (Wildman–Crippen LogP) is 2.63. The van der Waals surface area contributed by atoms with Crippen LogP contribution in [0, 0.1) is 5.92 Å². The van der Waals surface area contributed by atoms with Crippen molar-refractivity contribution in [2.45, 2.75) is 25.2 Å². The number of H-pyrrole nitrogens is 1. The first kappa shape index (κ1) is 18.1. The summed E-state index contributed by atoms with van der Waals surface area (Å²) in [4.78, 5) is 12.2. The Balaban J connectivity index is 2.03. The Morgan fingerprint density at radius 2 is 2.00 bits per heavy atom. The van der Waals surface area contributed by atoms with Crippen LogP contribution in [0.3, 0.4) is 0 Å². The van der Waals surface area contributed by atoms with Gasteiger partial charge >= 0.3 is 0 Å². The van der Waals surface area contributed by atoms with Gasteiger partial charge in [0.25, 0.3) is 0 Å². The average Bonchev–Trinajstić information content (AvgIpc) is 3.05. The van der Waals surface area contributed by atoms with Crippen molar-refractivity contribution in [1.29, 1.82) is 0 Å². The van der Waals surface area contributed by atoms with Crippen molar-refractivity contribution in [2.24, 2.45) is 5.92 Å². The minimum absolute atomic E-state index is 0.154. The van der Waals surface area contributed by atoms with Crippen molar-refractivity contribution in [2.75, 3.05) is 6.54 Å². The standard InChI is InChI=1S/C17H21N3O3S/c1-13(2)9-10-20-24(22,23)16-6-4-15(5-7-16)17(21)8-3-14-11-18-19-12-14/h3-8,11-13,20H,9-10H2,1-2H3,(H,18,19)/b8-3+. The molecule has 0 bridgehead atoms. The highest BCUT2D eigenvalue weighted by Crippen LogP contribution is 2.12. The quantitative estimate of drug-likeness (QED) is 0.567. The van der Waals surface area contributed by atoms with Crippen LogP contribution in [0.25, 0.3) is 6.08 Å². The maximum Gasteiger partial charge on any atom is 0.240 e. The van der Waals surface area contributed by atoms with Gasteiger partial charge < -0.3 is 0 Å². The molecule has 0 saturated heterocycles. The number of aromatic nitrogens is 2. The molecule has 0 spiro atoms. The van der Waals surface area contributed by atoms with Crippen LogP contribution >= 0.6 is 0 Å². The maximum absolute atomic E-state index is 12.2. The fraction of sp³-hybridized carbons (Fsp3) is 0.294. The number of nitrogens with zero attached hydrogens (tertiary/aromatic N) is 1. The van der Waals surface area contributed by atoms with E-state index in [4.69, 9.17) is 0 Å². The van der Waals surface area contributed by atoms with Crippen LogP contribution in [0.2, 0.25) is 0 Å². The van der Waals surface area contributed by atoms with E-state index < -0.39 is 10.0 Å². The molecule has 2 aromatic rings. The summed E-state index contributed by atoms with van der Waals surface area (Å²) in [5, 5.41) is 6.44. The highest BCUT2D eigenvalue weighted by atomic mass is 32.2. The fourth-order valence-electron chi connectivity index (χ4n) is 1.98. The molecule has 0 saturated carbocycles. The Morgan fingerprint density at radius 1 is 1.29 bits per heavy atom. The third kappa shape index (κ3) is 5.14. The summed E-state index contributed by atoms with van der Waals surface area (Å²) >= 11 is 0. The summed E-state index contributed by atoms with van der Waals surface area (Å²) in [6, 6.07) is 5.91. The lowest BCUT2D eigenvalue weighted by Gasteiger charge is -2.08. The lowest BCUT2D eigenvalue weighted by Crippen LogP contribution is -2.25. The van der Waals surface area contributed by atoms with Crippen molar-refractivity contribution in [3.05, 3.63) is 53.9 Å². The molecule has 1 aromatic carbocycles. The third-order valence-electron chi connectivity index (χ3n) is 3.41. The lowest BCUT2D eigenvalue weighted by molar-refractivity contribution is 0.104. The van der Waals surface area contributed by atoms with Gasteiger partial charge in [-0.15, -0.1) is 0 Å². The summed E-state index contributed by atoms with van der Waals surface area (Å²) < 4.78 is 26.9. The number of aromatic amines is 1. The van der Waals surface area contributed by atoms with E-state index in [-0.39, 0.29) is 10.7 Å². The van der Waals surface area contributed by atoms with Crippen LogP contribution in [0.5, 0.6) is 0 Å². The first-order valence-corrected chi connectivity index (χ1v) is 9.18. The summed E-state index contributed by atoms with van der Waals surface area (Å²) in [5.41, 5.74) is 1.22. The monoisotopic (exact) mass is 347 g/mol. The summed E-state index contributed by atoms with van der Waals surface area (Å²) in [5.74, 6) is 0.225. The molecule has 0 unspecified atom stereocenters. The zero-order chi connectivity index (χ0) is 17.6. The van der Waals surface area contributed by atoms with Gasteiger partial charge in [-0.25, -0.2) is 13.1 Å². The molecule has 1 heterocycles. The van der Waals surface area contributed by atoms with Gasteiger partial charge in [-0.2, -0.15) is 5.10 Å². The number of benzene rings is 1. The van der Waals surface area contributed by atoms with Crippen molar-refractivity contribution in [3.63, 3.8) is 0 Å². The van der Waals surface area contributed by atoms with Gasteiger partial charge in [0, 0.05) is 23.9 Å². The Bertz CT molecular complexity index is 792. The maximum atomic E-state index is 12.2. The van der Waals surface area contributed by atoms with Gasteiger partial charge in [0.2, 0.25) is 10.0 Å². The Labute approximate surface area is 142 Å². The lowest BCUT2D eigenvalue weighted by atomic mass is 10.1. The number of hydrogen-bond acceptors (Lipinski definition) is 4.